The van der Waals surface area contributed by atoms with Crippen LogP contribution in [0.2, 0.25) is 0 Å². The van der Waals surface area contributed by atoms with Crippen LogP contribution in [0.25, 0.3) is 0 Å². The van der Waals surface area contributed by atoms with Crippen LogP contribution in [0.5, 0.6) is 5.75 Å². The van der Waals surface area contributed by atoms with E-state index >= 15 is 0 Å². The maximum Gasteiger partial charge on any atom is 0.426 e. The highest BCUT2D eigenvalue weighted by atomic mass is 19.3. The number of alkyl halides is 2. The van der Waals surface area contributed by atoms with Crippen molar-refractivity contribution in [1.82, 2.24) is 0 Å². The van der Waals surface area contributed by atoms with Crippen molar-refractivity contribution in [3.63, 3.8) is 0 Å². The molecule has 1 aliphatic carbocycles. The molecule has 1 fully saturated rings. The number of hydrogen-bond acceptors (Lipinski definition) is 1. The Balaban J connectivity index is 1.44. The van der Waals surface area contributed by atoms with Crippen molar-refractivity contribution in [1.29, 1.82) is 0 Å². The van der Waals surface area contributed by atoms with Crippen molar-refractivity contribution in [2.45, 2.75) is 51.6 Å². The molecule has 0 radical (unpaired) electrons. The van der Waals surface area contributed by atoms with Crippen LogP contribution >= 0.6 is 0 Å². The Hall–Kier alpha value is -3.19. The van der Waals surface area contributed by atoms with Crippen LogP contribution in [0.15, 0.2) is 66.7 Å². The van der Waals surface area contributed by atoms with Gasteiger partial charge >= 0.3 is 6.11 Å². The molecule has 1 saturated carbocycles. The molecule has 0 aliphatic heterocycles. The third-order valence-corrected chi connectivity index (χ3v) is 6.30. The van der Waals surface area contributed by atoms with Crippen molar-refractivity contribution in [3.05, 3.63) is 100 Å². The van der Waals surface area contributed by atoms with E-state index in [1.165, 1.54) is 30.3 Å². The van der Waals surface area contributed by atoms with Crippen LogP contribution in [-0.4, -0.2) is 0 Å². The van der Waals surface area contributed by atoms with Crippen LogP contribution < -0.4 is 4.74 Å². The number of rotatable bonds is 4. The van der Waals surface area contributed by atoms with E-state index in [4.69, 9.17) is 4.74 Å². The van der Waals surface area contributed by atoms with Gasteiger partial charge in [-0.05, 0) is 79.6 Å². The van der Waals surface area contributed by atoms with Gasteiger partial charge in [0.05, 0.1) is 5.56 Å². The Morgan fingerprint density at radius 2 is 1.39 bits per heavy atom. The Morgan fingerprint density at radius 3 is 1.97 bits per heavy atom. The molecular weight excluding hydrogens is 421 g/mol. The zero-order valence-corrected chi connectivity index (χ0v) is 18.9. The smallest absolute Gasteiger partial charge is 0.426 e. The Labute approximate surface area is 193 Å². The standard InChI is InChI=1S/C29H27F3O/c1-20-3-7-22(8-4-20)9-10-23-11-15-25(16-12-23)29(31,32)33-26-17-18-27(28(30)19-26)24-13-5-21(2)6-14-24/h3-4,7-8,11-12,15-19,21,24H,5-6,13-14H2,1-2H3. The van der Waals surface area contributed by atoms with E-state index in [1.807, 2.05) is 31.2 Å². The van der Waals surface area contributed by atoms with Gasteiger partial charge in [0.2, 0.25) is 0 Å². The number of halogens is 3. The van der Waals surface area contributed by atoms with E-state index in [1.54, 1.807) is 6.07 Å². The lowest BCUT2D eigenvalue weighted by Gasteiger charge is -2.27. The zero-order chi connectivity index (χ0) is 23.4. The maximum atomic E-state index is 14.7. The molecule has 0 aromatic heterocycles. The van der Waals surface area contributed by atoms with E-state index in [0.29, 0.717) is 17.0 Å². The normalized spacial score (nSPS) is 18.3. The second kappa shape index (κ2) is 9.75. The molecule has 1 nitrogen and oxygen atoms in total. The lowest BCUT2D eigenvalue weighted by atomic mass is 9.79. The van der Waals surface area contributed by atoms with Gasteiger partial charge in [-0.25, -0.2) is 4.39 Å². The van der Waals surface area contributed by atoms with Crippen LogP contribution in [-0.2, 0) is 6.11 Å². The van der Waals surface area contributed by atoms with Crippen LogP contribution in [0.4, 0.5) is 13.2 Å². The topological polar surface area (TPSA) is 9.23 Å². The van der Waals surface area contributed by atoms with Crippen LogP contribution in [0, 0.1) is 30.5 Å². The second-order valence-electron chi connectivity index (χ2n) is 8.95. The largest absolute Gasteiger partial charge is 0.429 e. The molecule has 4 heteroatoms. The first-order valence-electron chi connectivity index (χ1n) is 11.4. The van der Waals surface area contributed by atoms with Gasteiger partial charge in [0.1, 0.15) is 11.6 Å². The van der Waals surface area contributed by atoms with Crippen molar-refractivity contribution < 1.29 is 17.9 Å². The minimum absolute atomic E-state index is 0.143. The van der Waals surface area contributed by atoms with Crippen molar-refractivity contribution >= 4 is 0 Å². The van der Waals surface area contributed by atoms with E-state index in [9.17, 15) is 13.2 Å². The molecule has 0 amide bonds. The summed E-state index contributed by atoms with van der Waals surface area (Å²) in [7, 11) is 0. The summed E-state index contributed by atoms with van der Waals surface area (Å²) in [6.07, 6.45) is 0.385. The number of benzene rings is 3. The summed E-state index contributed by atoms with van der Waals surface area (Å²) in [5.41, 5.74) is 2.90. The van der Waals surface area contributed by atoms with Gasteiger partial charge in [-0.2, -0.15) is 8.78 Å². The first-order valence-corrected chi connectivity index (χ1v) is 11.4. The highest BCUT2D eigenvalue weighted by Gasteiger charge is 2.35. The Bertz CT molecular complexity index is 1150. The first kappa shape index (κ1) is 23.0. The molecule has 0 heterocycles. The summed E-state index contributed by atoms with van der Waals surface area (Å²) >= 11 is 0. The lowest BCUT2D eigenvalue weighted by molar-refractivity contribution is -0.185. The van der Waals surface area contributed by atoms with Crippen molar-refractivity contribution in [2.24, 2.45) is 5.92 Å². The molecule has 4 rings (SSSR count). The summed E-state index contributed by atoms with van der Waals surface area (Å²) in [6, 6.07) is 17.5. The number of ether oxygens (including phenoxy) is 1. The van der Waals surface area contributed by atoms with Gasteiger partial charge < -0.3 is 4.74 Å². The average molecular weight is 449 g/mol. The average Bonchev–Trinajstić information content (AvgIpc) is 2.80. The second-order valence-corrected chi connectivity index (χ2v) is 8.95. The zero-order valence-electron chi connectivity index (χ0n) is 18.9. The summed E-state index contributed by atoms with van der Waals surface area (Å²) < 4.78 is 49.0. The van der Waals surface area contributed by atoms with Crippen LogP contribution in [0.3, 0.4) is 0 Å². The lowest BCUT2D eigenvalue weighted by Crippen LogP contribution is -2.22. The van der Waals surface area contributed by atoms with E-state index < -0.39 is 11.9 Å². The fourth-order valence-electron chi connectivity index (χ4n) is 4.21. The van der Waals surface area contributed by atoms with E-state index in [2.05, 4.69) is 18.8 Å². The predicted octanol–water partition coefficient (Wildman–Crippen LogP) is 7.96. The van der Waals surface area contributed by atoms with Gasteiger partial charge in [-0.1, -0.05) is 55.4 Å². The highest BCUT2D eigenvalue weighted by Crippen LogP contribution is 2.38. The Kier molecular flexibility index (Phi) is 6.79. The number of hydrogen-bond donors (Lipinski definition) is 0. The molecule has 0 unspecified atom stereocenters. The highest BCUT2D eigenvalue weighted by molar-refractivity contribution is 5.44. The summed E-state index contributed by atoms with van der Waals surface area (Å²) in [5.74, 6) is 6.12. The van der Waals surface area contributed by atoms with Crippen LogP contribution in [0.1, 0.15) is 66.3 Å². The third-order valence-electron chi connectivity index (χ3n) is 6.30. The monoisotopic (exact) mass is 448 g/mol. The molecule has 1 aliphatic rings. The molecule has 0 atom stereocenters. The molecule has 0 saturated heterocycles. The van der Waals surface area contributed by atoms with Gasteiger partial charge in [-0.15, -0.1) is 0 Å². The van der Waals surface area contributed by atoms with E-state index in [0.717, 1.165) is 42.9 Å². The molecule has 3 aromatic rings. The first-order chi connectivity index (χ1) is 15.8. The number of aryl methyl sites for hydroxylation is 1. The quantitative estimate of drug-likeness (QED) is 0.368. The van der Waals surface area contributed by atoms with Crippen molar-refractivity contribution in [2.75, 3.05) is 0 Å². The molecule has 33 heavy (non-hydrogen) atoms. The van der Waals surface area contributed by atoms with Gasteiger partial charge in [0.15, 0.2) is 0 Å². The summed E-state index contributed by atoms with van der Waals surface area (Å²) in [5, 5.41) is 0. The minimum atomic E-state index is -3.59. The Morgan fingerprint density at radius 1 is 0.818 bits per heavy atom. The predicted molar refractivity (Wildman–Crippen MR) is 125 cm³/mol. The van der Waals surface area contributed by atoms with Gasteiger partial charge in [0, 0.05) is 17.2 Å². The maximum absolute atomic E-state index is 14.7. The van der Waals surface area contributed by atoms with E-state index in [-0.39, 0.29) is 17.2 Å². The fourth-order valence-corrected chi connectivity index (χ4v) is 4.21. The summed E-state index contributed by atoms with van der Waals surface area (Å²) in [4.78, 5) is 0. The molecule has 3 aromatic carbocycles. The third kappa shape index (κ3) is 5.79. The molecule has 0 bridgehead atoms. The summed E-state index contributed by atoms with van der Waals surface area (Å²) in [6.45, 7) is 4.20. The minimum Gasteiger partial charge on any atom is -0.429 e. The molecule has 170 valence electrons. The van der Waals surface area contributed by atoms with Crippen molar-refractivity contribution in [3.8, 4) is 17.6 Å². The molecule has 0 N–H and O–H groups in total. The molecule has 0 spiro atoms. The molecular formula is C29H27F3O. The van der Waals surface area contributed by atoms with Gasteiger partial charge in [-0.3, -0.25) is 0 Å². The fraction of sp³-hybridized carbons (Fsp3) is 0.310. The SMILES string of the molecule is Cc1ccc(C#Cc2ccc(C(F)(F)Oc3ccc(C4CCC(C)CC4)c(F)c3)cc2)cc1. The van der Waals surface area contributed by atoms with Gasteiger partial charge in [0.25, 0.3) is 0 Å².